The quantitative estimate of drug-likeness (QED) is 0.420. The van der Waals surface area contributed by atoms with Crippen molar-refractivity contribution in [1.29, 1.82) is 0 Å². The van der Waals surface area contributed by atoms with E-state index in [2.05, 4.69) is 30.1 Å². The highest BCUT2D eigenvalue weighted by Crippen LogP contribution is 2.34. The number of carbonyl (C=O) groups excluding carboxylic acids is 3. The van der Waals surface area contributed by atoms with Crippen molar-refractivity contribution >= 4 is 23.7 Å². The molecule has 4 amide bonds. The maximum absolute atomic E-state index is 13.1. The summed E-state index contributed by atoms with van der Waals surface area (Å²) >= 11 is 0. The first kappa shape index (κ1) is 37.2. The smallest absolute Gasteiger partial charge is 0.410 e. The molecule has 3 fully saturated rings. The number of ether oxygens (including phenoxy) is 4. The van der Waals surface area contributed by atoms with E-state index >= 15 is 0 Å². The van der Waals surface area contributed by atoms with Gasteiger partial charge in [0.25, 0.3) is 5.91 Å². The fourth-order valence-electron chi connectivity index (χ4n) is 7.15. The van der Waals surface area contributed by atoms with E-state index in [-0.39, 0.29) is 24.6 Å². The summed E-state index contributed by atoms with van der Waals surface area (Å²) in [5, 5.41) is 3.04. The molecule has 2 aromatic carbocycles. The Kier molecular flexibility index (Phi) is 13.6. The van der Waals surface area contributed by atoms with Gasteiger partial charge in [-0.05, 0) is 81.7 Å². The van der Waals surface area contributed by atoms with Crippen molar-refractivity contribution in [2.45, 2.75) is 71.9 Å². The average Bonchev–Trinajstić information content (AvgIpc) is 3.14. The summed E-state index contributed by atoms with van der Waals surface area (Å²) in [6.45, 7) is 15.5. The number of rotatable bonds is 7. The molecule has 0 aromatic heterocycles. The second kappa shape index (κ2) is 18.3. The standard InChI is InChI=1S/C28H43N5O5.C10H12O2/c1-3-12-33(27(35)29-25-7-5-4-6-22(25)2)24-8-13-32(14-9-24)28(36)38-21-26(34)31-17-15-30(16-18-31)23-10-19-37-20-11-23;1-7-5-8(2)10-9(6-7)11-3-4-12-10/h4-7,23-24H,3,8-21H2,1-2H3,(H,29,35);5-6H,3-4H2,1-2H3. The molecule has 4 aliphatic heterocycles. The molecule has 0 radical (unpaired) electrons. The first-order valence-electron chi connectivity index (χ1n) is 18.2. The molecule has 4 aliphatic rings. The van der Waals surface area contributed by atoms with Gasteiger partial charge >= 0.3 is 12.1 Å². The second-order valence-corrected chi connectivity index (χ2v) is 13.6. The summed E-state index contributed by atoms with van der Waals surface area (Å²) in [6, 6.07) is 12.4. The Bertz CT molecular complexity index is 1430. The Balaban J connectivity index is 0.000000338. The summed E-state index contributed by atoms with van der Waals surface area (Å²) in [6.07, 6.45) is 3.86. The minimum atomic E-state index is -0.455. The Hall–Kier alpha value is -4.03. The molecule has 0 atom stereocenters. The van der Waals surface area contributed by atoms with Gasteiger partial charge in [0, 0.05) is 76.8 Å². The number of nitrogens with zero attached hydrogens (tertiary/aromatic N) is 4. The third kappa shape index (κ3) is 10.0. The van der Waals surface area contributed by atoms with E-state index < -0.39 is 6.09 Å². The van der Waals surface area contributed by atoms with Crippen molar-refractivity contribution in [2.24, 2.45) is 0 Å². The minimum absolute atomic E-state index is 0.0525. The number of likely N-dealkylation sites (tertiary alicyclic amines) is 1. The molecule has 3 saturated heterocycles. The Morgan fingerprint density at radius 2 is 1.54 bits per heavy atom. The van der Waals surface area contributed by atoms with Gasteiger partial charge < -0.3 is 39.0 Å². The summed E-state index contributed by atoms with van der Waals surface area (Å²) < 4.78 is 21.8. The van der Waals surface area contributed by atoms with Crippen molar-refractivity contribution in [2.75, 3.05) is 84.2 Å². The fraction of sp³-hybridized carbons (Fsp3) is 0.605. The number of anilines is 1. The molecule has 0 saturated carbocycles. The van der Waals surface area contributed by atoms with Crippen LogP contribution in [0, 0.1) is 20.8 Å². The third-order valence-electron chi connectivity index (χ3n) is 9.94. The zero-order chi connectivity index (χ0) is 35.5. The van der Waals surface area contributed by atoms with Crippen LogP contribution in [0.15, 0.2) is 36.4 Å². The van der Waals surface area contributed by atoms with Crippen LogP contribution < -0.4 is 14.8 Å². The number of hydrogen-bond donors (Lipinski definition) is 1. The van der Waals surface area contributed by atoms with Crippen molar-refractivity contribution in [1.82, 2.24) is 19.6 Å². The molecule has 0 unspecified atom stereocenters. The average molecular weight is 694 g/mol. The predicted molar refractivity (Wildman–Crippen MR) is 192 cm³/mol. The van der Waals surface area contributed by atoms with Gasteiger partial charge in [-0.25, -0.2) is 9.59 Å². The molecule has 0 bridgehead atoms. The van der Waals surface area contributed by atoms with Gasteiger partial charge in [0.15, 0.2) is 18.1 Å². The van der Waals surface area contributed by atoms with Crippen molar-refractivity contribution in [3.8, 4) is 11.5 Å². The van der Waals surface area contributed by atoms with Gasteiger partial charge in [0.05, 0.1) is 0 Å². The number of nitrogens with one attached hydrogen (secondary N) is 1. The Morgan fingerprint density at radius 1 is 0.840 bits per heavy atom. The van der Waals surface area contributed by atoms with E-state index in [1.165, 1.54) is 5.56 Å². The maximum atomic E-state index is 13.1. The number of hydrogen-bond acceptors (Lipinski definition) is 8. The SMILES string of the molecule is CCCN(C(=O)Nc1ccccc1C)C1CCN(C(=O)OCC(=O)N2CCN(C3CCOCC3)CC2)CC1.Cc1cc(C)c2c(c1)OCCO2. The normalized spacial score (nSPS) is 18.5. The highest BCUT2D eigenvalue weighted by Gasteiger charge is 2.31. The Labute approximate surface area is 296 Å². The highest BCUT2D eigenvalue weighted by atomic mass is 16.6. The lowest BCUT2D eigenvalue weighted by Gasteiger charge is -2.40. The van der Waals surface area contributed by atoms with Crippen LogP contribution in [0.5, 0.6) is 11.5 Å². The van der Waals surface area contributed by atoms with Gasteiger partial charge in [0.1, 0.15) is 13.2 Å². The lowest BCUT2D eigenvalue weighted by Crippen LogP contribution is -2.54. The van der Waals surface area contributed by atoms with Crippen LogP contribution in [-0.2, 0) is 14.3 Å². The van der Waals surface area contributed by atoms with Crippen LogP contribution in [0.4, 0.5) is 15.3 Å². The first-order chi connectivity index (χ1) is 24.2. The van der Waals surface area contributed by atoms with E-state index in [1.807, 2.05) is 49.1 Å². The largest absolute Gasteiger partial charge is 0.486 e. The molecule has 274 valence electrons. The molecular formula is C38H55N5O7. The monoisotopic (exact) mass is 693 g/mol. The number of amides is 4. The summed E-state index contributed by atoms with van der Waals surface area (Å²) in [5.41, 5.74) is 4.21. The number of carbonyl (C=O) groups is 3. The number of piperidine rings is 1. The molecule has 12 heteroatoms. The zero-order valence-electron chi connectivity index (χ0n) is 30.3. The molecule has 1 N–H and O–H groups in total. The van der Waals surface area contributed by atoms with Crippen molar-refractivity contribution in [3.05, 3.63) is 53.1 Å². The van der Waals surface area contributed by atoms with Crippen LogP contribution in [-0.4, -0.2) is 129 Å². The van der Waals surface area contributed by atoms with Crippen LogP contribution in [0.25, 0.3) is 0 Å². The lowest BCUT2D eigenvalue weighted by molar-refractivity contribution is -0.137. The van der Waals surface area contributed by atoms with E-state index in [0.717, 1.165) is 73.9 Å². The molecule has 6 rings (SSSR count). The van der Waals surface area contributed by atoms with Crippen LogP contribution in [0.2, 0.25) is 0 Å². The number of piperazine rings is 1. The predicted octanol–water partition coefficient (Wildman–Crippen LogP) is 5.24. The fourth-order valence-corrected chi connectivity index (χ4v) is 7.15. The van der Waals surface area contributed by atoms with Gasteiger partial charge in [-0.15, -0.1) is 0 Å². The van der Waals surface area contributed by atoms with Crippen LogP contribution in [0.3, 0.4) is 0 Å². The summed E-state index contributed by atoms with van der Waals surface area (Å²) in [5.74, 6) is 1.66. The van der Waals surface area contributed by atoms with E-state index in [1.54, 1.807) is 9.80 Å². The van der Waals surface area contributed by atoms with Gasteiger partial charge in [-0.2, -0.15) is 0 Å². The number of fused-ring (bicyclic) bond motifs is 1. The van der Waals surface area contributed by atoms with Crippen molar-refractivity contribution < 1.29 is 33.3 Å². The maximum Gasteiger partial charge on any atom is 0.410 e. The number of aryl methyl sites for hydroxylation is 3. The van der Waals surface area contributed by atoms with Crippen LogP contribution >= 0.6 is 0 Å². The molecule has 12 nitrogen and oxygen atoms in total. The molecule has 4 heterocycles. The topological polar surface area (TPSA) is 113 Å². The van der Waals surface area contributed by atoms with Gasteiger partial charge in [0.2, 0.25) is 0 Å². The first-order valence-corrected chi connectivity index (χ1v) is 18.2. The van der Waals surface area contributed by atoms with E-state index in [0.29, 0.717) is 64.8 Å². The lowest BCUT2D eigenvalue weighted by atomic mass is 10.0. The molecule has 0 spiro atoms. The van der Waals surface area contributed by atoms with E-state index in [4.69, 9.17) is 18.9 Å². The van der Waals surface area contributed by atoms with Gasteiger partial charge in [-0.3, -0.25) is 9.69 Å². The molecular weight excluding hydrogens is 638 g/mol. The minimum Gasteiger partial charge on any atom is -0.486 e. The zero-order valence-corrected chi connectivity index (χ0v) is 30.3. The molecule has 0 aliphatic carbocycles. The highest BCUT2D eigenvalue weighted by molar-refractivity contribution is 5.90. The third-order valence-corrected chi connectivity index (χ3v) is 9.94. The summed E-state index contributed by atoms with van der Waals surface area (Å²) in [7, 11) is 0. The van der Waals surface area contributed by atoms with E-state index in [9.17, 15) is 14.4 Å². The number of urea groups is 1. The summed E-state index contributed by atoms with van der Waals surface area (Å²) in [4.78, 5) is 46.2. The molecule has 50 heavy (non-hydrogen) atoms. The van der Waals surface area contributed by atoms with Gasteiger partial charge in [-0.1, -0.05) is 31.2 Å². The number of para-hydroxylation sites is 1. The molecule has 2 aromatic rings. The van der Waals surface area contributed by atoms with Crippen LogP contribution in [0.1, 0.15) is 55.7 Å². The second-order valence-electron chi connectivity index (χ2n) is 13.6. The number of benzene rings is 2. The Morgan fingerprint density at radius 3 is 2.24 bits per heavy atom. The van der Waals surface area contributed by atoms with Crippen molar-refractivity contribution in [3.63, 3.8) is 0 Å².